The van der Waals surface area contributed by atoms with E-state index in [1.807, 2.05) is 24.3 Å². The van der Waals surface area contributed by atoms with Crippen molar-refractivity contribution in [3.8, 4) is 24.7 Å². The molecule has 2 rings (SSSR count). The normalized spacial score (nSPS) is 12.3. The molecule has 0 aromatic heterocycles. The van der Waals surface area contributed by atoms with Gasteiger partial charge in [-0.15, -0.1) is 12.8 Å². The van der Waals surface area contributed by atoms with Crippen LogP contribution in [0.1, 0.15) is 37.8 Å². The van der Waals surface area contributed by atoms with Crippen LogP contribution in [-0.4, -0.2) is 12.1 Å². The van der Waals surface area contributed by atoms with Crippen LogP contribution >= 0.6 is 0 Å². The number of rotatable bonds is 8. The lowest BCUT2D eigenvalue weighted by Gasteiger charge is -2.14. The Kier molecular flexibility index (Phi) is 6.95. The smallest absolute Gasteiger partial charge is 0.0871 e. The van der Waals surface area contributed by atoms with Gasteiger partial charge in [-0.2, -0.15) is 0 Å². The Morgan fingerprint density at radius 3 is 1.42 bits per heavy atom. The highest BCUT2D eigenvalue weighted by Gasteiger charge is 2.06. The molecule has 26 heavy (non-hydrogen) atoms. The molecule has 0 saturated heterocycles. The van der Waals surface area contributed by atoms with Gasteiger partial charge >= 0.3 is 0 Å². The van der Waals surface area contributed by atoms with Crippen LogP contribution in [0.25, 0.3) is 5.57 Å². The molecule has 0 aliphatic rings. The quantitative estimate of drug-likeness (QED) is 0.628. The van der Waals surface area contributed by atoms with Gasteiger partial charge in [0.05, 0.1) is 12.1 Å². The van der Waals surface area contributed by atoms with Crippen molar-refractivity contribution in [1.82, 2.24) is 0 Å². The summed E-state index contributed by atoms with van der Waals surface area (Å²) in [6.45, 7) is 8.37. The number of hydrogen-bond donors (Lipinski definition) is 2. The van der Waals surface area contributed by atoms with E-state index in [0.717, 1.165) is 40.9 Å². The van der Waals surface area contributed by atoms with Crippen molar-refractivity contribution in [3.63, 3.8) is 0 Å². The van der Waals surface area contributed by atoms with Gasteiger partial charge in [-0.25, -0.2) is 0 Å². The van der Waals surface area contributed by atoms with Crippen molar-refractivity contribution in [3.05, 3.63) is 66.2 Å². The maximum atomic E-state index is 5.50. The van der Waals surface area contributed by atoms with E-state index in [-0.39, 0.29) is 12.1 Å². The minimum atomic E-state index is 0.0547. The highest BCUT2D eigenvalue weighted by atomic mass is 14.9. The van der Waals surface area contributed by atoms with E-state index in [9.17, 15) is 0 Å². The Balaban J connectivity index is 2.07. The zero-order chi connectivity index (χ0) is 18.9. The lowest BCUT2D eigenvalue weighted by atomic mass is 9.99. The van der Waals surface area contributed by atoms with Gasteiger partial charge in [-0.05, 0) is 53.8 Å². The molecule has 0 fully saturated rings. The summed E-state index contributed by atoms with van der Waals surface area (Å²) in [6.07, 6.45) is 12.8. The van der Waals surface area contributed by atoms with Crippen LogP contribution < -0.4 is 10.6 Å². The first-order valence-electron chi connectivity index (χ1n) is 8.96. The predicted molar refractivity (Wildman–Crippen MR) is 114 cm³/mol. The Hall–Kier alpha value is -3.10. The van der Waals surface area contributed by atoms with Gasteiger partial charge in [-0.1, -0.05) is 56.5 Å². The molecule has 0 aliphatic heterocycles. The van der Waals surface area contributed by atoms with E-state index in [0.29, 0.717) is 0 Å². The highest BCUT2D eigenvalue weighted by Crippen LogP contribution is 2.25. The van der Waals surface area contributed by atoms with Crippen molar-refractivity contribution in [2.75, 3.05) is 10.6 Å². The average Bonchev–Trinajstić information content (AvgIpc) is 2.70. The van der Waals surface area contributed by atoms with Crippen LogP contribution in [0.5, 0.6) is 0 Å². The average molecular weight is 342 g/mol. The molecule has 2 unspecified atom stereocenters. The first-order valence-corrected chi connectivity index (χ1v) is 8.96. The lowest BCUT2D eigenvalue weighted by Crippen LogP contribution is -2.15. The molecule has 0 amide bonds. The van der Waals surface area contributed by atoms with Gasteiger partial charge in [0.15, 0.2) is 0 Å². The van der Waals surface area contributed by atoms with E-state index in [1.54, 1.807) is 0 Å². The van der Waals surface area contributed by atoms with Crippen LogP contribution in [0.15, 0.2) is 55.1 Å². The Bertz CT molecular complexity index is 732. The van der Waals surface area contributed by atoms with Crippen molar-refractivity contribution < 1.29 is 0 Å². The summed E-state index contributed by atoms with van der Waals surface area (Å²) >= 11 is 0. The van der Waals surface area contributed by atoms with Crippen LogP contribution in [0, 0.1) is 24.7 Å². The third-order valence-corrected chi connectivity index (χ3v) is 4.37. The summed E-state index contributed by atoms with van der Waals surface area (Å²) in [5, 5.41) is 6.66. The summed E-state index contributed by atoms with van der Waals surface area (Å²) in [5.74, 6) is 5.49. The molecule has 2 aromatic carbocycles. The number of nitrogens with one attached hydrogen (secondary N) is 2. The summed E-state index contributed by atoms with van der Waals surface area (Å²) < 4.78 is 0. The molecule has 2 atom stereocenters. The topological polar surface area (TPSA) is 24.1 Å². The zero-order valence-electron chi connectivity index (χ0n) is 15.5. The SMILES string of the molecule is C#CC(CC)Nc1ccc(C(=C)c2ccc(NC(C#C)CC)cc2)cc1. The number of benzene rings is 2. The van der Waals surface area contributed by atoms with E-state index in [2.05, 4.69) is 67.2 Å². The van der Waals surface area contributed by atoms with Gasteiger partial charge in [0, 0.05) is 11.4 Å². The Morgan fingerprint density at radius 2 is 1.15 bits per heavy atom. The van der Waals surface area contributed by atoms with Crippen LogP contribution in [0.3, 0.4) is 0 Å². The molecular weight excluding hydrogens is 316 g/mol. The molecule has 0 saturated carbocycles. The molecule has 2 heteroatoms. The Labute approximate surface area is 157 Å². The number of anilines is 2. The maximum absolute atomic E-state index is 5.50. The summed E-state index contributed by atoms with van der Waals surface area (Å²) in [4.78, 5) is 0. The van der Waals surface area contributed by atoms with Crippen molar-refractivity contribution in [1.29, 1.82) is 0 Å². The monoisotopic (exact) mass is 342 g/mol. The van der Waals surface area contributed by atoms with Gasteiger partial charge in [0.1, 0.15) is 0 Å². The second-order valence-corrected chi connectivity index (χ2v) is 6.18. The molecule has 2 aromatic rings. The molecule has 0 aliphatic carbocycles. The maximum Gasteiger partial charge on any atom is 0.0871 e. The second kappa shape index (κ2) is 9.40. The molecule has 0 bridgehead atoms. The number of hydrogen-bond acceptors (Lipinski definition) is 2. The predicted octanol–water partition coefficient (Wildman–Crippen LogP) is 5.40. The zero-order valence-corrected chi connectivity index (χ0v) is 15.5. The molecule has 0 heterocycles. The van der Waals surface area contributed by atoms with Crippen molar-refractivity contribution >= 4 is 16.9 Å². The lowest BCUT2D eigenvalue weighted by molar-refractivity contribution is 0.858. The molecule has 2 nitrogen and oxygen atoms in total. The molecule has 0 spiro atoms. The summed E-state index contributed by atoms with van der Waals surface area (Å²) in [6, 6.07) is 16.5. The highest BCUT2D eigenvalue weighted by molar-refractivity contribution is 5.79. The summed E-state index contributed by atoms with van der Waals surface area (Å²) in [5.41, 5.74) is 5.19. The molecule has 132 valence electrons. The van der Waals surface area contributed by atoms with Gasteiger partial charge < -0.3 is 10.6 Å². The van der Waals surface area contributed by atoms with Crippen LogP contribution in [0.4, 0.5) is 11.4 Å². The van der Waals surface area contributed by atoms with E-state index < -0.39 is 0 Å². The standard InChI is InChI=1S/C24H26N2/c1-6-21(7-2)25-23-14-10-19(11-15-23)18(5)20-12-16-24(17-13-20)26-22(8-3)9-4/h1,3,10-17,21-22,25-26H,5,7,9H2,2,4H3. The van der Waals surface area contributed by atoms with Crippen LogP contribution in [-0.2, 0) is 0 Å². The minimum Gasteiger partial charge on any atom is -0.372 e. The fraction of sp³-hybridized carbons (Fsp3) is 0.250. The fourth-order valence-corrected chi connectivity index (χ4v) is 2.63. The third-order valence-electron chi connectivity index (χ3n) is 4.37. The first kappa shape index (κ1) is 19.2. The van der Waals surface area contributed by atoms with Crippen LogP contribution in [0.2, 0.25) is 0 Å². The van der Waals surface area contributed by atoms with E-state index in [1.165, 1.54) is 0 Å². The summed E-state index contributed by atoms with van der Waals surface area (Å²) in [7, 11) is 0. The van der Waals surface area contributed by atoms with Gasteiger partial charge in [0.25, 0.3) is 0 Å². The third kappa shape index (κ3) is 4.95. The van der Waals surface area contributed by atoms with Gasteiger partial charge in [0.2, 0.25) is 0 Å². The van der Waals surface area contributed by atoms with Crippen molar-refractivity contribution in [2.24, 2.45) is 0 Å². The fourth-order valence-electron chi connectivity index (χ4n) is 2.63. The first-order chi connectivity index (χ1) is 12.6. The second-order valence-electron chi connectivity index (χ2n) is 6.18. The minimum absolute atomic E-state index is 0.0547. The molecule has 0 radical (unpaired) electrons. The van der Waals surface area contributed by atoms with E-state index >= 15 is 0 Å². The largest absolute Gasteiger partial charge is 0.372 e. The van der Waals surface area contributed by atoms with Gasteiger partial charge in [-0.3, -0.25) is 0 Å². The molecular formula is C24H26N2. The van der Waals surface area contributed by atoms with Crippen molar-refractivity contribution in [2.45, 2.75) is 38.8 Å². The van der Waals surface area contributed by atoms with E-state index in [4.69, 9.17) is 12.8 Å². The molecule has 2 N–H and O–H groups in total. The Morgan fingerprint density at radius 1 is 0.808 bits per heavy atom. The number of terminal acetylenes is 2.